The second-order valence-electron chi connectivity index (χ2n) is 4.55. The van der Waals surface area contributed by atoms with Crippen LogP contribution in [0.5, 0.6) is 11.5 Å². The van der Waals surface area contributed by atoms with E-state index in [-0.39, 0.29) is 0 Å². The van der Waals surface area contributed by atoms with Crippen molar-refractivity contribution in [3.63, 3.8) is 0 Å². The largest absolute Gasteiger partial charge is 0.508 e. The van der Waals surface area contributed by atoms with E-state index < -0.39 is 0 Å². The zero-order valence-corrected chi connectivity index (χ0v) is 12.3. The monoisotopic (exact) mass is 277 g/mol. The molecule has 0 amide bonds. The lowest BCUT2D eigenvalue weighted by Crippen LogP contribution is -2.11. The van der Waals surface area contributed by atoms with Crippen molar-refractivity contribution < 1.29 is 9.84 Å². The number of ether oxygens (including phenoxy) is 1. The Kier molecular flexibility index (Phi) is 4.45. The van der Waals surface area contributed by atoms with Gasteiger partial charge in [0.15, 0.2) is 0 Å². The molecule has 0 bridgehead atoms. The molecule has 1 heterocycles. The van der Waals surface area contributed by atoms with Crippen LogP contribution in [0.15, 0.2) is 24.3 Å². The number of hydrogen-bond acceptors (Lipinski definition) is 4. The Bertz CT molecular complexity index is 544. The molecule has 3 nitrogen and oxygen atoms in total. The Hall–Kier alpha value is -1.52. The molecule has 2 rings (SSSR count). The van der Waals surface area contributed by atoms with Crippen molar-refractivity contribution in [2.75, 3.05) is 7.11 Å². The van der Waals surface area contributed by atoms with Gasteiger partial charge in [-0.1, -0.05) is 0 Å². The first-order chi connectivity index (χ1) is 9.10. The molecule has 0 unspecified atom stereocenters. The molecule has 0 aliphatic heterocycles. The van der Waals surface area contributed by atoms with Crippen molar-refractivity contribution in [1.29, 1.82) is 0 Å². The summed E-state index contributed by atoms with van der Waals surface area (Å²) in [5.74, 6) is 1.06. The smallest absolute Gasteiger partial charge is 0.120 e. The molecule has 0 aliphatic rings. The summed E-state index contributed by atoms with van der Waals surface area (Å²) < 4.78 is 5.16. The number of thiophene rings is 1. The number of phenolic OH excluding ortho intramolecular Hbond substituents is 1. The molecule has 1 aromatic carbocycles. The van der Waals surface area contributed by atoms with E-state index in [4.69, 9.17) is 4.74 Å². The lowest BCUT2D eigenvalue weighted by molar-refractivity contribution is 0.410. The standard InChI is InChI=1S/C15H19NO2S/c1-10-6-14(19-11(10)2)9-16-8-12-7-13(18-3)4-5-15(12)17/h4-7,16-17H,8-9H2,1-3H3. The highest BCUT2D eigenvalue weighted by Gasteiger charge is 2.04. The lowest BCUT2D eigenvalue weighted by Gasteiger charge is -2.08. The molecule has 102 valence electrons. The van der Waals surface area contributed by atoms with Gasteiger partial charge in [-0.15, -0.1) is 11.3 Å². The van der Waals surface area contributed by atoms with Gasteiger partial charge in [-0.3, -0.25) is 0 Å². The molecule has 0 radical (unpaired) electrons. The van der Waals surface area contributed by atoms with E-state index in [1.165, 1.54) is 15.3 Å². The summed E-state index contributed by atoms with van der Waals surface area (Å²) in [5, 5.41) is 13.1. The number of phenols is 1. The van der Waals surface area contributed by atoms with Gasteiger partial charge < -0.3 is 15.2 Å². The van der Waals surface area contributed by atoms with Crippen molar-refractivity contribution >= 4 is 11.3 Å². The van der Waals surface area contributed by atoms with Crippen molar-refractivity contribution in [2.24, 2.45) is 0 Å². The van der Waals surface area contributed by atoms with E-state index in [2.05, 4.69) is 25.2 Å². The van der Waals surface area contributed by atoms with Gasteiger partial charge in [0, 0.05) is 28.4 Å². The maximum absolute atomic E-state index is 9.78. The van der Waals surface area contributed by atoms with Gasteiger partial charge in [-0.25, -0.2) is 0 Å². The van der Waals surface area contributed by atoms with E-state index in [1.807, 2.05) is 17.4 Å². The molecule has 1 aromatic heterocycles. The average molecular weight is 277 g/mol. The zero-order chi connectivity index (χ0) is 13.8. The van der Waals surface area contributed by atoms with Crippen LogP contribution < -0.4 is 10.1 Å². The van der Waals surface area contributed by atoms with E-state index in [1.54, 1.807) is 19.2 Å². The first-order valence-corrected chi connectivity index (χ1v) is 7.04. The molecule has 0 saturated heterocycles. The van der Waals surface area contributed by atoms with Crippen LogP contribution in [0.3, 0.4) is 0 Å². The van der Waals surface area contributed by atoms with Crippen LogP contribution in [-0.4, -0.2) is 12.2 Å². The van der Waals surface area contributed by atoms with Gasteiger partial charge in [0.2, 0.25) is 0 Å². The minimum Gasteiger partial charge on any atom is -0.508 e. The Morgan fingerprint density at radius 2 is 2.00 bits per heavy atom. The maximum Gasteiger partial charge on any atom is 0.120 e. The number of nitrogens with one attached hydrogen (secondary N) is 1. The van der Waals surface area contributed by atoms with Gasteiger partial charge in [-0.05, 0) is 43.7 Å². The van der Waals surface area contributed by atoms with Crippen molar-refractivity contribution in [3.05, 3.63) is 45.1 Å². The summed E-state index contributed by atoms with van der Waals surface area (Å²) in [7, 11) is 1.63. The fourth-order valence-corrected chi connectivity index (χ4v) is 2.91. The zero-order valence-electron chi connectivity index (χ0n) is 11.5. The molecule has 0 atom stereocenters. The minimum atomic E-state index is 0.298. The van der Waals surface area contributed by atoms with Crippen molar-refractivity contribution in [2.45, 2.75) is 26.9 Å². The van der Waals surface area contributed by atoms with Crippen LogP contribution in [-0.2, 0) is 13.1 Å². The summed E-state index contributed by atoms with van der Waals surface area (Å²) in [6, 6.07) is 7.48. The summed E-state index contributed by atoms with van der Waals surface area (Å²) in [5.41, 5.74) is 2.19. The van der Waals surface area contributed by atoms with Crippen LogP contribution in [0.2, 0.25) is 0 Å². The molecule has 0 saturated carbocycles. The molecule has 2 N–H and O–H groups in total. The third-order valence-electron chi connectivity index (χ3n) is 3.12. The van der Waals surface area contributed by atoms with Crippen molar-refractivity contribution in [1.82, 2.24) is 5.32 Å². The second kappa shape index (κ2) is 6.08. The van der Waals surface area contributed by atoms with Gasteiger partial charge in [-0.2, -0.15) is 0 Å². The molecule has 0 aliphatic carbocycles. The fourth-order valence-electron chi connectivity index (χ4n) is 1.89. The second-order valence-corrected chi connectivity index (χ2v) is 5.89. The number of methoxy groups -OCH3 is 1. The number of rotatable bonds is 5. The number of benzene rings is 1. The SMILES string of the molecule is COc1ccc(O)c(CNCc2cc(C)c(C)s2)c1. The summed E-state index contributed by atoms with van der Waals surface area (Å²) in [4.78, 5) is 2.68. The number of hydrogen-bond donors (Lipinski definition) is 2. The highest BCUT2D eigenvalue weighted by Crippen LogP contribution is 2.23. The van der Waals surface area contributed by atoms with E-state index in [9.17, 15) is 5.11 Å². The summed E-state index contributed by atoms with van der Waals surface area (Å²) in [6.45, 7) is 5.70. The molecular weight excluding hydrogens is 258 g/mol. The molecule has 2 aromatic rings. The van der Waals surface area contributed by atoms with E-state index >= 15 is 0 Å². The highest BCUT2D eigenvalue weighted by molar-refractivity contribution is 7.12. The van der Waals surface area contributed by atoms with E-state index in [0.717, 1.165) is 17.9 Å². The molecule has 4 heteroatoms. The van der Waals surface area contributed by atoms with Crippen LogP contribution in [0.4, 0.5) is 0 Å². The Balaban J connectivity index is 1.95. The summed E-state index contributed by atoms with van der Waals surface area (Å²) in [6.07, 6.45) is 0. The average Bonchev–Trinajstić information content (AvgIpc) is 2.71. The Labute approximate surface area is 117 Å². The van der Waals surface area contributed by atoms with Gasteiger partial charge in [0.25, 0.3) is 0 Å². The molecule has 19 heavy (non-hydrogen) atoms. The van der Waals surface area contributed by atoms with Gasteiger partial charge >= 0.3 is 0 Å². The van der Waals surface area contributed by atoms with E-state index in [0.29, 0.717) is 12.3 Å². The Morgan fingerprint density at radius 1 is 1.21 bits per heavy atom. The quantitative estimate of drug-likeness (QED) is 0.880. The molecule has 0 fully saturated rings. The predicted octanol–water partition coefficient (Wildman–Crippen LogP) is 3.37. The molecular formula is C15H19NO2S. The minimum absolute atomic E-state index is 0.298. The van der Waals surface area contributed by atoms with Crippen LogP contribution in [0, 0.1) is 13.8 Å². The summed E-state index contributed by atoms with van der Waals surface area (Å²) >= 11 is 1.81. The maximum atomic E-state index is 9.78. The Morgan fingerprint density at radius 3 is 2.63 bits per heavy atom. The first kappa shape index (κ1) is 13.9. The normalized spacial score (nSPS) is 10.7. The molecule has 0 spiro atoms. The van der Waals surface area contributed by atoms with Gasteiger partial charge in [0.1, 0.15) is 11.5 Å². The lowest BCUT2D eigenvalue weighted by atomic mass is 10.2. The third-order valence-corrected chi connectivity index (χ3v) is 4.27. The van der Waals surface area contributed by atoms with Crippen molar-refractivity contribution in [3.8, 4) is 11.5 Å². The number of aromatic hydroxyl groups is 1. The first-order valence-electron chi connectivity index (χ1n) is 6.22. The van der Waals surface area contributed by atoms with Gasteiger partial charge in [0.05, 0.1) is 7.11 Å². The number of aryl methyl sites for hydroxylation is 2. The third kappa shape index (κ3) is 3.49. The highest BCUT2D eigenvalue weighted by atomic mass is 32.1. The van der Waals surface area contributed by atoms with Crippen LogP contribution in [0.25, 0.3) is 0 Å². The topological polar surface area (TPSA) is 41.5 Å². The van der Waals surface area contributed by atoms with Crippen LogP contribution >= 0.6 is 11.3 Å². The fraction of sp³-hybridized carbons (Fsp3) is 0.333. The predicted molar refractivity (Wildman–Crippen MR) is 79.0 cm³/mol. The van der Waals surface area contributed by atoms with Crippen LogP contribution in [0.1, 0.15) is 20.9 Å².